The molecule has 5 nitrogen and oxygen atoms in total. The number of carboxylic acid groups (broad SMARTS) is 2. The third kappa shape index (κ3) is 20.5. The van der Waals surface area contributed by atoms with E-state index in [1.54, 1.807) is 0 Å². The highest BCUT2D eigenvalue weighted by molar-refractivity contribution is 5.79. The minimum atomic E-state index is -0.981. The Morgan fingerprint density at radius 3 is 1.35 bits per heavy atom. The quantitative estimate of drug-likeness (QED) is 0.644. The molecule has 1 saturated carbocycles. The second-order valence-electron chi connectivity index (χ2n) is 3.38. The zero-order valence-corrected chi connectivity index (χ0v) is 9.84. The van der Waals surface area contributed by atoms with Crippen LogP contribution in [0.2, 0.25) is 0 Å². The van der Waals surface area contributed by atoms with E-state index in [0.717, 1.165) is 25.0 Å². The second-order valence-corrected chi connectivity index (χ2v) is 3.38. The number of rotatable bonds is 2. The number of aliphatic carboxylic acids is 2. The maximum atomic E-state index is 9.25. The number of aliphatic hydroxyl groups is 1. The summed E-state index contributed by atoms with van der Waals surface area (Å²) in [4.78, 5) is 18.5. The maximum Gasteiger partial charge on any atom is 0.327 e. The zero-order valence-electron chi connectivity index (χ0n) is 9.84. The van der Waals surface area contributed by atoms with Crippen molar-refractivity contribution in [1.29, 1.82) is 0 Å². The van der Waals surface area contributed by atoms with Crippen LogP contribution in [0.15, 0.2) is 25.3 Å². The summed E-state index contributed by atoms with van der Waals surface area (Å²) in [7, 11) is 0. The summed E-state index contributed by atoms with van der Waals surface area (Å²) in [6, 6.07) is 0. The Labute approximate surface area is 101 Å². The topological polar surface area (TPSA) is 94.8 Å². The van der Waals surface area contributed by atoms with E-state index in [0.29, 0.717) is 0 Å². The Hall–Kier alpha value is -1.62. The fraction of sp³-hybridized carbons (Fsp3) is 0.500. The summed E-state index contributed by atoms with van der Waals surface area (Å²) in [5.41, 5.74) is 0. The van der Waals surface area contributed by atoms with Crippen LogP contribution in [-0.2, 0) is 9.59 Å². The summed E-state index contributed by atoms with van der Waals surface area (Å²) in [6.07, 6.45) is 7.59. The van der Waals surface area contributed by atoms with E-state index >= 15 is 0 Å². The summed E-state index contributed by atoms with van der Waals surface area (Å²) < 4.78 is 0. The van der Waals surface area contributed by atoms with Crippen LogP contribution in [0.5, 0.6) is 0 Å². The Kier molecular flexibility index (Phi) is 13.0. The van der Waals surface area contributed by atoms with E-state index in [1.165, 1.54) is 19.3 Å². The lowest BCUT2D eigenvalue weighted by Crippen LogP contribution is -2.09. The first-order valence-electron chi connectivity index (χ1n) is 5.32. The lowest BCUT2D eigenvalue weighted by Gasteiger charge is -2.14. The van der Waals surface area contributed by atoms with E-state index in [-0.39, 0.29) is 6.10 Å². The largest absolute Gasteiger partial charge is 0.478 e. The highest BCUT2D eigenvalue weighted by atomic mass is 16.4. The highest BCUT2D eigenvalue weighted by Gasteiger charge is 2.07. The molecule has 98 valence electrons. The lowest BCUT2D eigenvalue weighted by molar-refractivity contribution is -0.132. The van der Waals surface area contributed by atoms with Gasteiger partial charge in [0.1, 0.15) is 0 Å². The molecule has 0 heterocycles. The Morgan fingerprint density at radius 2 is 1.24 bits per heavy atom. The van der Waals surface area contributed by atoms with Crippen LogP contribution >= 0.6 is 0 Å². The predicted octanol–water partition coefficient (Wildman–Crippen LogP) is 1.83. The molecule has 3 N–H and O–H groups in total. The summed E-state index contributed by atoms with van der Waals surface area (Å²) >= 11 is 0. The third-order valence-electron chi connectivity index (χ3n) is 1.92. The highest BCUT2D eigenvalue weighted by Crippen LogP contribution is 2.16. The van der Waals surface area contributed by atoms with Crippen LogP contribution in [0.3, 0.4) is 0 Å². The van der Waals surface area contributed by atoms with Gasteiger partial charge in [-0.05, 0) is 12.8 Å². The SMILES string of the molecule is C=CC(=O)O.C=CC(=O)O.OC1CCCCC1. The van der Waals surface area contributed by atoms with Crippen molar-refractivity contribution in [2.75, 3.05) is 0 Å². The Balaban J connectivity index is 0. The van der Waals surface area contributed by atoms with Gasteiger partial charge in [-0.1, -0.05) is 32.4 Å². The van der Waals surface area contributed by atoms with E-state index in [2.05, 4.69) is 13.2 Å². The molecule has 0 aliphatic heterocycles. The van der Waals surface area contributed by atoms with Crippen molar-refractivity contribution in [1.82, 2.24) is 0 Å². The minimum Gasteiger partial charge on any atom is -0.478 e. The van der Waals surface area contributed by atoms with Gasteiger partial charge < -0.3 is 15.3 Å². The van der Waals surface area contributed by atoms with Crippen LogP contribution in [-0.4, -0.2) is 33.4 Å². The fourth-order valence-electron chi connectivity index (χ4n) is 1.08. The second kappa shape index (κ2) is 12.4. The zero-order chi connectivity index (χ0) is 13.7. The standard InChI is InChI=1S/C6H12O.2C3H4O2/c7-6-4-2-1-3-5-6;2*1-2-3(4)5/h6-7H,1-5H2;2*2H,1H2,(H,4,5). The molecule has 0 atom stereocenters. The molecular formula is C12H20O5. The van der Waals surface area contributed by atoms with Gasteiger partial charge in [-0.25, -0.2) is 9.59 Å². The van der Waals surface area contributed by atoms with Crippen molar-refractivity contribution < 1.29 is 24.9 Å². The number of hydrogen-bond acceptors (Lipinski definition) is 3. The first-order chi connectivity index (χ1) is 7.93. The first kappa shape index (κ1) is 17.8. The van der Waals surface area contributed by atoms with Crippen molar-refractivity contribution in [3.8, 4) is 0 Å². The molecule has 1 aliphatic rings. The van der Waals surface area contributed by atoms with Gasteiger partial charge in [-0.15, -0.1) is 0 Å². The monoisotopic (exact) mass is 244 g/mol. The predicted molar refractivity (Wildman–Crippen MR) is 64.8 cm³/mol. The average Bonchev–Trinajstić information content (AvgIpc) is 2.31. The van der Waals surface area contributed by atoms with Gasteiger partial charge in [0, 0.05) is 12.2 Å². The van der Waals surface area contributed by atoms with Crippen molar-refractivity contribution in [3.63, 3.8) is 0 Å². The summed E-state index contributed by atoms with van der Waals surface area (Å²) in [6.45, 7) is 5.92. The van der Waals surface area contributed by atoms with Crippen LogP contribution in [0, 0.1) is 0 Å². The van der Waals surface area contributed by atoms with E-state index < -0.39 is 11.9 Å². The van der Waals surface area contributed by atoms with E-state index in [4.69, 9.17) is 15.3 Å². The maximum absolute atomic E-state index is 9.25. The molecule has 1 rings (SSSR count). The van der Waals surface area contributed by atoms with Gasteiger partial charge >= 0.3 is 11.9 Å². The summed E-state index contributed by atoms with van der Waals surface area (Å²) in [5.74, 6) is -1.96. The van der Waals surface area contributed by atoms with Gasteiger partial charge in [-0.2, -0.15) is 0 Å². The van der Waals surface area contributed by atoms with Gasteiger partial charge in [0.25, 0.3) is 0 Å². The number of carboxylic acids is 2. The molecule has 5 heteroatoms. The molecule has 0 spiro atoms. The Morgan fingerprint density at radius 1 is 0.941 bits per heavy atom. The van der Waals surface area contributed by atoms with Gasteiger partial charge in [0.15, 0.2) is 0 Å². The fourth-order valence-corrected chi connectivity index (χ4v) is 1.08. The summed E-state index contributed by atoms with van der Waals surface area (Å²) in [5, 5.41) is 24.1. The molecule has 0 bridgehead atoms. The minimum absolute atomic E-state index is 0.0359. The lowest BCUT2D eigenvalue weighted by atomic mass is 9.98. The molecular weight excluding hydrogens is 224 g/mol. The first-order valence-corrected chi connectivity index (χ1v) is 5.32. The smallest absolute Gasteiger partial charge is 0.327 e. The van der Waals surface area contributed by atoms with Crippen LogP contribution < -0.4 is 0 Å². The molecule has 17 heavy (non-hydrogen) atoms. The molecule has 0 radical (unpaired) electrons. The molecule has 0 unspecified atom stereocenters. The van der Waals surface area contributed by atoms with Crippen LogP contribution in [0.25, 0.3) is 0 Å². The molecule has 0 amide bonds. The molecule has 1 fully saturated rings. The van der Waals surface area contributed by atoms with E-state index in [9.17, 15) is 9.59 Å². The molecule has 0 aromatic heterocycles. The number of aliphatic hydroxyl groups excluding tert-OH is 1. The third-order valence-corrected chi connectivity index (χ3v) is 1.92. The van der Waals surface area contributed by atoms with Crippen molar-refractivity contribution in [2.24, 2.45) is 0 Å². The number of carbonyl (C=O) groups is 2. The molecule has 0 aromatic carbocycles. The molecule has 1 aliphatic carbocycles. The van der Waals surface area contributed by atoms with Gasteiger partial charge in [-0.3, -0.25) is 0 Å². The van der Waals surface area contributed by atoms with Gasteiger partial charge in [0.05, 0.1) is 6.10 Å². The van der Waals surface area contributed by atoms with Crippen molar-refractivity contribution in [3.05, 3.63) is 25.3 Å². The van der Waals surface area contributed by atoms with E-state index in [1.807, 2.05) is 0 Å². The van der Waals surface area contributed by atoms with Crippen LogP contribution in [0.4, 0.5) is 0 Å². The normalized spacial score (nSPS) is 14.2. The number of hydrogen-bond donors (Lipinski definition) is 3. The Bertz CT molecular complexity index is 223. The van der Waals surface area contributed by atoms with Crippen molar-refractivity contribution in [2.45, 2.75) is 38.2 Å². The average molecular weight is 244 g/mol. The molecule has 0 saturated heterocycles. The van der Waals surface area contributed by atoms with Crippen molar-refractivity contribution >= 4 is 11.9 Å². The van der Waals surface area contributed by atoms with Gasteiger partial charge in [0.2, 0.25) is 0 Å². The molecule has 0 aromatic rings. The van der Waals surface area contributed by atoms with Crippen LogP contribution in [0.1, 0.15) is 32.1 Å².